The van der Waals surface area contributed by atoms with Crippen LogP contribution in [0.3, 0.4) is 0 Å². The first-order valence-corrected chi connectivity index (χ1v) is 6.75. The van der Waals surface area contributed by atoms with Crippen LogP contribution in [0.15, 0.2) is 53.0 Å². The minimum atomic E-state index is -0.667. The van der Waals surface area contributed by atoms with E-state index in [0.717, 1.165) is 21.3 Å². The van der Waals surface area contributed by atoms with Crippen LogP contribution >= 0.6 is 15.9 Å². The molecule has 0 unspecified atom stereocenters. The minimum absolute atomic E-state index is 0.215. The van der Waals surface area contributed by atoms with Gasteiger partial charge in [-0.25, -0.2) is 0 Å². The van der Waals surface area contributed by atoms with E-state index in [1.807, 2.05) is 55.5 Å². The molecule has 2 aromatic rings. The number of nitrogens with one attached hydrogen (secondary N) is 1. The molecule has 0 heterocycles. The van der Waals surface area contributed by atoms with Crippen molar-refractivity contribution in [3.8, 4) is 0 Å². The SMILES string of the molecule is Cc1c(Br)cccc1NC(=O)[C@@H](N)c1ccccc1. The van der Waals surface area contributed by atoms with Crippen molar-refractivity contribution in [1.29, 1.82) is 0 Å². The van der Waals surface area contributed by atoms with Gasteiger partial charge >= 0.3 is 0 Å². The number of amides is 1. The number of nitrogens with two attached hydrogens (primary N) is 1. The Labute approximate surface area is 121 Å². The van der Waals surface area contributed by atoms with Gasteiger partial charge in [0.15, 0.2) is 0 Å². The summed E-state index contributed by atoms with van der Waals surface area (Å²) in [5.41, 5.74) is 8.50. The first kappa shape index (κ1) is 13.8. The summed E-state index contributed by atoms with van der Waals surface area (Å²) in [6, 6.07) is 14.3. The predicted octanol–water partition coefficient (Wildman–Crippen LogP) is 3.40. The van der Waals surface area contributed by atoms with Gasteiger partial charge in [-0.15, -0.1) is 0 Å². The van der Waals surface area contributed by atoms with Gasteiger partial charge < -0.3 is 11.1 Å². The molecule has 0 fully saturated rings. The molecule has 0 aliphatic carbocycles. The van der Waals surface area contributed by atoms with Gasteiger partial charge in [0.1, 0.15) is 6.04 Å². The first-order chi connectivity index (χ1) is 9.09. The maximum Gasteiger partial charge on any atom is 0.245 e. The van der Waals surface area contributed by atoms with Crippen LogP contribution in [0.4, 0.5) is 5.69 Å². The Morgan fingerprint density at radius 2 is 1.84 bits per heavy atom. The normalized spacial score (nSPS) is 11.9. The van der Waals surface area contributed by atoms with Crippen LogP contribution in [-0.2, 0) is 4.79 Å². The second-order valence-electron chi connectivity index (χ2n) is 4.29. The topological polar surface area (TPSA) is 55.1 Å². The average Bonchev–Trinajstić information content (AvgIpc) is 2.44. The minimum Gasteiger partial charge on any atom is -0.324 e. The third-order valence-electron chi connectivity index (χ3n) is 2.97. The molecular formula is C15H15BrN2O. The molecule has 4 heteroatoms. The van der Waals surface area contributed by atoms with Gasteiger partial charge in [0, 0.05) is 10.2 Å². The Balaban J connectivity index is 2.15. The summed E-state index contributed by atoms with van der Waals surface area (Å²) in [4.78, 5) is 12.1. The fourth-order valence-corrected chi connectivity index (χ4v) is 2.13. The Hall–Kier alpha value is -1.65. The van der Waals surface area contributed by atoms with E-state index in [1.165, 1.54) is 0 Å². The third kappa shape index (κ3) is 3.22. The van der Waals surface area contributed by atoms with Gasteiger partial charge in [0.25, 0.3) is 0 Å². The zero-order valence-electron chi connectivity index (χ0n) is 10.6. The second kappa shape index (κ2) is 5.99. The molecule has 1 atom stereocenters. The van der Waals surface area contributed by atoms with E-state index >= 15 is 0 Å². The van der Waals surface area contributed by atoms with Gasteiger partial charge in [0.2, 0.25) is 5.91 Å². The van der Waals surface area contributed by atoms with E-state index < -0.39 is 6.04 Å². The number of hydrogen-bond donors (Lipinski definition) is 2. The Morgan fingerprint density at radius 3 is 2.53 bits per heavy atom. The van der Waals surface area contributed by atoms with Crippen LogP contribution < -0.4 is 11.1 Å². The molecule has 98 valence electrons. The highest BCUT2D eigenvalue weighted by molar-refractivity contribution is 9.10. The number of anilines is 1. The molecule has 0 aromatic heterocycles. The quantitative estimate of drug-likeness (QED) is 0.911. The molecule has 1 amide bonds. The Kier molecular flexibility index (Phi) is 4.35. The summed E-state index contributed by atoms with van der Waals surface area (Å²) in [6.07, 6.45) is 0. The van der Waals surface area contributed by atoms with Gasteiger partial charge in [-0.1, -0.05) is 52.3 Å². The number of rotatable bonds is 3. The fourth-order valence-electron chi connectivity index (χ4n) is 1.77. The molecule has 0 saturated heterocycles. The summed E-state index contributed by atoms with van der Waals surface area (Å²) < 4.78 is 0.957. The van der Waals surface area contributed by atoms with Crippen molar-refractivity contribution in [3.63, 3.8) is 0 Å². The summed E-state index contributed by atoms with van der Waals surface area (Å²) in [5, 5.41) is 2.86. The maximum absolute atomic E-state index is 12.1. The van der Waals surface area contributed by atoms with Crippen molar-refractivity contribution in [2.75, 3.05) is 5.32 Å². The lowest BCUT2D eigenvalue weighted by Gasteiger charge is -2.14. The van der Waals surface area contributed by atoms with Crippen LogP contribution in [0.1, 0.15) is 17.2 Å². The molecule has 0 radical (unpaired) electrons. The van der Waals surface area contributed by atoms with Crippen LogP contribution in [0, 0.1) is 6.92 Å². The van der Waals surface area contributed by atoms with Crippen molar-refractivity contribution in [2.24, 2.45) is 5.73 Å². The number of halogens is 1. The van der Waals surface area contributed by atoms with Crippen LogP contribution in [0.2, 0.25) is 0 Å². The lowest BCUT2D eigenvalue weighted by Crippen LogP contribution is -2.27. The molecule has 2 aromatic carbocycles. The van der Waals surface area contributed by atoms with E-state index in [1.54, 1.807) is 0 Å². The van der Waals surface area contributed by atoms with E-state index in [0.29, 0.717) is 0 Å². The van der Waals surface area contributed by atoms with Crippen molar-refractivity contribution in [3.05, 3.63) is 64.1 Å². The number of benzene rings is 2. The lowest BCUT2D eigenvalue weighted by atomic mass is 10.1. The van der Waals surface area contributed by atoms with E-state index in [4.69, 9.17) is 5.73 Å². The highest BCUT2D eigenvalue weighted by atomic mass is 79.9. The highest BCUT2D eigenvalue weighted by Gasteiger charge is 2.16. The average molecular weight is 319 g/mol. The molecule has 0 saturated carbocycles. The molecule has 0 aliphatic rings. The van der Waals surface area contributed by atoms with Crippen LogP contribution in [0.5, 0.6) is 0 Å². The first-order valence-electron chi connectivity index (χ1n) is 5.96. The molecule has 19 heavy (non-hydrogen) atoms. The van der Waals surface area contributed by atoms with Crippen LogP contribution in [0.25, 0.3) is 0 Å². The zero-order valence-corrected chi connectivity index (χ0v) is 12.1. The number of hydrogen-bond acceptors (Lipinski definition) is 2. The monoisotopic (exact) mass is 318 g/mol. The summed E-state index contributed by atoms with van der Waals surface area (Å²) in [7, 11) is 0. The van der Waals surface area contributed by atoms with Crippen molar-refractivity contribution < 1.29 is 4.79 Å². The Morgan fingerprint density at radius 1 is 1.16 bits per heavy atom. The maximum atomic E-state index is 12.1. The highest BCUT2D eigenvalue weighted by Crippen LogP contribution is 2.24. The standard InChI is InChI=1S/C15H15BrN2O/c1-10-12(16)8-5-9-13(10)18-15(19)14(17)11-6-3-2-4-7-11/h2-9,14H,17H2,1H3,(H,18,19)/t14-/m0/s1. The summed E-state index contributed by atoms with van der Waals surface area (Å²) in [5.74, 6) is -0.215. The zero-order chi connectivity index (χ0) is 13.8. The van der Waals surface area contributed by atoms with Gasteiger partial charge in [-0.05, 0) is 30.2 Å². The number of carbonyl (C=O) groups excluding carboxylic acids is 1. The molecule has 0 bridgehead atoms. The van der Waals surface area contributed by atoms with Crippen molar-refractivity contribution >= 4 is 27.5 Å². The smallest absolute Gasteiger partial charge is 0.245 e. The predicted molar refractivity (Wildman–Crippen MR) is 80.9 cm³/mol. The third-order valence-corrected chi connectivity index (χ3v) is 3.83. The molecule has 3 N–H and O–H groups in total. The van der Waals surface area contributed by atoms with E-state index in [-0.39, 0.29) is 5.91 Å². The molecule has 0 spiro atoms. The van der Waals surface area contributed by atoms with Crippen LogP contribution in [-0.4, -0.2) is 5.91 Å². The van der Waals surface area contributed by atoms with Crippen molar-refractivity contribution in [1.82, 2.24) is 0 Å². The second-order valence-corrected chi connectivity index (χ2v) is 5.14. The molecule has 0 aliphatic heterocycles. The van der Waals surface area contributed by atoms with Gasteiger partial charge in [0.05, 0.1) is 0 Å². The summed E-state index contributed by atoms with van der Waals surface area (Å²) in [6.45, 7) is 1.94. The molecule has 2 rings (SSSR count). The van der Waals surface area contributed by atoms with Gasteiger partial charge in [-0.3, -0.25) is 4.79 Å². The largest absolute Gasteiger partial charge is 0.324 e. The number of carbonyl (C=O) groups is 1. The van der Waals surface area contributed by atoms with Gasteiger partial charge in [-0.2, -0.15) is 0 Å². The van der Waals surface area contributed by atoms with Crippen molar-refractivity contribution in [2.45, 2.75) is 13.0 Å². The summed E-state index contributed by atoms with van der Waals surface area (Å²) >= 11 is 3.44. The Bertz CT molecular complexity index is 584. The van der Waals surface area contributed by atoms with E-state index in [2.05, 4.69) is 21.2 Å². The molecule has 3 nitrogen and oxygen atoms in total. The molecular weight excluding hydrogens is 304 g/mol. The van der Waals surface area contributed by atoms with E-state index in [9.17, 15) is 4.79 Å². The lowest BCUT2D eigenvalue weighted by molar-refractivity contribution is -0.117. The fraction of sp³-hybridized carbons (Fsp3) is 0.133.